The van der Waals surface area contributed by atoms with Gasteiger partial charge in [0.2, 0.25) is 11.8 Å². The number of aliphatic carboxylic acids is 1. The van der Waals surface area contributed by atoms with Gasteiger partial charge in [-0.2, -0.15) is 0 Å². The molecule has 1 atom stereocenters. The van der Waals surface area contributed by atoms with Crippen molar-refractivity contribution in [2.24, 2.45) is 0 Å². The van der Waals surface area contributed by atoms with Crippen LogP contribution >= 0.6 is 0 Å². The Morgan fingerprint density at radius 1 is 1.11 bits per heavy atom. The molecule has 0 saturated heterocycles. The lowest BCUT2D eigenvalue weighted by Crippen LogP contribution is -2.42. The predicted octanol–water partition coefficient (Wildman–Crippen LogP) is 2.32. The van der Waals surface area contributed by atoms with Crippen molar-refractivity contribution in [2.45, 2.75) is 38.1 Å². The van der Waals surface area contributed by atoms with E-state index < -0.39 is 12.0 Å². The Kier molecular flexibility index (Phi) is 5.86. The molecule has 3 rings (SSSR count). The van der Waals surface area contributed by atoms with Crippen LogP contribution in [0.3, 0.4) is 0 Å². The number of carboxylic acids is 1. The highest BCUT2D eigenvalue weighted by molar-refractivity contribution is 5.99. The zero-order valence-electron chi connectivity index (χ0n) is 14.9. The van der Waals surface area contributed by atoms with E-state index in [2.05, 4.69) is 10.6 Å². The van der Waals surface area contributed by atoms with Gasteiger partial charge in [0.25, 0.3) is 0 Å². The van der Waals surface area contributed by atoms with E-state index in [1.54, 1.807) is 0 Å². The van der Waals surface area contributed by atoms with Crippen molar-refractivity contribution in [3.63, 3.8) is 0 Å². The first-order chi connectivity index (χ1) is 13.0. The minimum absolute atomic E-state index is 0.000318. The van der Waals surface area contributed by atoms with Crippen LogP contribution in [-0.4, -0.2) is 28.9 Å². The molecule has 1 aliphatic heterocycles. The standard InChI is InChI=1S/C21H22N2O4/c24-19(23-18(21(26)27)12-14-5-2-1-3-6-14)8-4-7-15-9-10-17-16(11-15)13-20(25)22-17/h1-3,5-6,9-11,18H,4,7-8,12-13H2,(H,22,25)(H,23,24)(H,26,27)/t18-/m0/s1. The van der Waals surface area contributed by atoms with E-state index in [-0.39, 0.29) is 24.7 Å². The molecule has 0 radical (unpaired) electrons. The molecule has 0 aliphatic carbocycles. The Morgan fingerprint density at radius 2 is 1.89 bits per heavy atom. The second-order valence-corrected chi connectivity index (χ2v) is 6.72. The molecule has 3 N–H and O–H groups in total. The lowest BCUT2D eigenvalue weighted by molar-refractivity contribution is -0.141. The Balaban J connectivity index is 1.48. The maximum Gasteiger partial charge on any atom is 0.326 e. The van der Waals surface area contributed by atoms with Crippen molar-refractivity contribution in [2.75, 3.05) is 5.32 Å². The normalized spacial score (nSPS) is 13.6. The third-order valence-corrected chi connectivity index (χ3v) is 4.58. The zero-order chi connectivity index (χ0) is 19.2. The van der Waals surface area contributed by atoms with Crippen LogP contribution in [0, 0.1) is 0 Å². The molecule has 0 aromatic heterocycles. The molecule has 27 heavy (non-hydrogen) atoms. The molecular formula is C21H22N2O4. The zero-order valence-corrected chi connectivity index (χ0v) is 14.9. The van der Waals surface area contributed by atoms with Crippen LogP contribution in [0.4, 0.5) is 5.69 Å². The summed E-state index contributed by atoms with van der Waals surface area (Å²) in [5.41, 5.74) is 3.77. The summed E-state index contributed by atoms with van der Waals surface area (Å²) in [7, 11) is 0. The van der Waals surface area contributed by atoms with Crippen LogP contribution in [0.5, 0.6) is 0 Å². The van der Waals surface area contributed by atoms with Gasteiger partial charge in [0.1, 0.15) is 6.04 Å². The number of benzene rings is 2. The van der Waals surface area contributed by atoms with E-state index in [9.17, 15) is 19.5 Å². The highest BCUT2D eigenvalue weighted by Gasteiger charge is 2.20. The number of fused-ring (bicyclic) bond motifs is 1. The highest BCUT2D eigenvalue weighted by Crippen LogP contribution is 2.24. The SMILES string of the molecule is O=C1Cc2cc(CCCC(=O)N[C@@H](Cc3ccccc3)C(=O)O)ccc2N1. The van der Waals surface area contributed by atoms with E-state index in [0.717, 1.165) is 22.4 Å². The van der Waals surface area contributed by atoms with Gasteiger partial charge in [0.05, 0.1) is 6.42 Å². The molecule has 2 amide bonds. The van der Waals surface area contributed by atoms with E-state index in [1.807, 2.05) is 48.5 Å². The molecular weight excluding hydrogens is 344 g/mol. The van der Waals surface area contributed by atoms with Crippen molar-refractivity contribution in [3.8, 4) is 0 Å². The third-order valence-electron chi connectivity index (χ3n) is 4.58. The number of carbonyl (C=O) groups excluding carboxylic acids is 2. The Hall–Kier alpha value is -3.15. The maximum atomic E-state index is 12.1. The molecule has 0 unspecified atom stereocenters. The molecule has 6 nitrogen and oxygen atoms in total. The number of carbonyl (C=O) groups is 3. The van der Waals surface area contributed by atoms with Crippen molar-refractivity contribution in [3.05, 3.63) is 65.2 Å². The lowest BCUT2D eigenvalue weighted by atomic mass is 10.0. The monoisotopic (exact) mass is 366 g/mol. The summed E-state index contributed by atoms with van der Waals surface area (Å²) in [5, 5.41) is 14.7. The van der Waals surface area contributed by atoms with Gasteiger partial charge in [-0.25, -0.2) is 4.79 Å². The van der Waals surface area contributed by atoms with Crippen LogP contribution in [0.25, 0.3) is 0 Å². The van der Waals surface area contributed by atoms with Crippen LogP contribution in [0.1, 0.15) is 29.5 Å². The molecule has 140 valence electrons. The topological polar surface area (TPSA) is 95.5 Å². The molecule has 2 aromatic carbocycles. The minimum atomic E-state index is -1.04. The number of aryl methyl sites for hydroxylation is 1. The number of hydrogen-bond acceptors (Lipinski definition) is 3. The number of hydrogen-bond donors (Lipinski definition) is 3. The summed E-state index contributed by atoms with van der Waals surface area (Å²) in [4.78, 5) is 35.0. The van der Waals surface area contributed by atoms with Crippen molar-refractivity contribution >= 4 is 23.5 Å². The average molecular weight is 366 g/mol. The van der Waals surface area contributed by atoms with Gasteiger partial charge in [0.15, 0.2) is 0 Å². The van der Waals surface area contributed by atoms with E-state index >= 15 is 0 Å². The Labute approximate surface area is 157 Å². The van der Waals surface area contributed by atoms with E-state index in [4.69, 9.17) is 0 Å². The minimum Gasteiger partial charge on any atom is -0.480 e. The van der Waals surface area contributed by atoms with Crippen LogP contribution in [0.15, 0.2) is 48.5 Å². The first kappa shape index (κ1) is 18.6. The van der Waals surface area contributed by atoms with Gasteiger partial charge in [-0.3, -0.25) is 9.59 Å². The summed E-state index contributed by atoms with van der Waals surface area (Å²) in [6.45, 7) is 0. The maximum absolute atomic E-state index is 12.1. The molecule has 1 heterocycles. The highest BCUT2D eigenvalue weighted by atomic mass is 16.4. The number of nitrogens with one attached hydrogen (secondary N) is 2. The van der Waals surface area contributed by atoms with Crippen molar-refractivity contribution in [1.82, 2.24) is 5.32 Å². The fourth-order valence-electron chi connectivity index (χ4n) is 3.21. The number of anilines is 1. The second kappa shape index (κ2) is 8.49. The summed E-state index contributed by atoms with van der Waals surface area (Å²) in [6, 6.07) is 14.1. The van der Waals surface area contributed by atoms with Gasteiger partial charge in [-0.1, -0.05) is 42.5 Å². The number of amides is 2. The number of carboxylic acid groups (broad SMARTS) is 1. The van der Waals surface area contributed by atoms with Crippen molar-refractivity contribution < 1.29 is 19.5 Å². The van der Waals surface area contributed by atoms with Gasteiger partial charge in [-0.05, 0) is 35.6 Å². The fraction of sp³-hybridized carbons (Fsp3) is 0.286. The lowest BCUT2D eigenvalue weighted by Gasteiger charge is -2.14. The van der Waals surface area contributed by atoms with Gasteiger partial charge < -0.3 is 15.7 Å². The summed E-state index contributed by atoms with van der Waals surface area (Å²) in [6.07, 6.45) is 2.22. The van der Waals surface area contributed by atoms with E-state index in [1.165, 1.54) is 0 Å². The van der Waals surface area contributed by atoms with Gasteiger partial charge >= 0.3 is 5.97 Å². The molecule has 0 saturated carbocycles. The second-order valence-electron chi connectivity index (χ2n) is 6.72. The smallest absolute Gasteiger partial charge is 0.326 e. The average Bonchev–Trinajstić information content (AvgIpc) is 3.01. The first-order valence-corrected chi connectivity index (χ1v) is 8.99. The molecule has 1 aliphatic rings. The van der Waals surface area contributed by atoms with Crippen LogP contribution in [0.2, 0.25) is 0 Å². The largest absolute Gasteiger partial charge is 0.480 e. The Bertz CT molecular complexity index is 849. The third kappa shape index (κ3) is 5.17. The fourth-order valence-corrected chi connectivity index (χ4v) is 3.21. The van der Waals surface area contributed by atoms with Crippen molar-refractivity contribution in [1.29, 1.82) is 0 Å². The molecule has 6 heteroatoms. The van der Waals surface area contributed by atoms with Crippen LogP contribution < -0.4 is 10.6 Å². The number of rotatable bonds is 8. The van der Waals surface area contributed by atoms with Gasteiger partial charge in [-0.15, -0.1) is 0 Å². The summed E-state index contributed by atoms with van der Waals surface area (Å²) in [5.74, 6) is -1.31. The molecule has 0 fully saturated rings. The molecule has 0 spiro atoms. The first-order valence-electron chi connectivity index (χ1n) is 8.99. The van der Waals surface area contributed by atoms with E-state index in [0.29, 0.717) is 19.3 Å². The van der Waals surface area contributed by atoms with Crippen LogP contribution in [-0.2, 0) is 33.6 Å². The molecule has 2 aromatic rings. The van der Waals surface area contributed by atoms with Gasteiger partial charge in [0, 0.05) is 18.5 Å². The molecule has 0 bridgehead atoms. The Morgan fingerprint density at radius 3 is 2.63 bits per heavy atom. The quantitative estimate of drug-likeness (QED) is 0.668. The predicted molar refractivity (Wildman–Crippen MR) is 101 cm³/mol. The summed E-state index contributed by atoms with van der Waals surface area (Å²) >= 11 is 0. The summed E-state index contributed by atoms with van der Waals surface area (Å²) < 4.78 is 0.